The average molecular weight is 552 g/mol. The lowest BCUT2D eigenvalue weighted by molar-refractivity contribution is 0.0985. The average Bonchev–Trinajstić information content (AvgIpc) is 3.52. The topological polar surface area (TPSA) is 79.9 Å². The lowest BCUT2D eigenvalue weighted by Crippen LogP contribution is -2.44. The standard InChI is InChI=1S/C20H22IN6OPS/c1-13-11-28-9-8-26(13)16-10-14(20(12-22)5-2-3-6-20)19-18(24-16)17(25-30-19)15-4-7-23-27(15)29-21/h4,7,10,13,29H,2-3,5-6,8-9,11H2,1H3/t13-/m1/s1. The van der Waals surface area contributed by atoms with Crippen molar-refractivity contribution < 1.29 is 4.74 Å². The summed E-state index contributed by atoms with van der Waals surface area (Å²) in [6, 6.07) is 7.10. The van der Waals surface area contributed by atoms with Gasteiger partial charge in [-0.15, -0.1) is 0 Å². The highest BCUT2D eigenvalue weighted by atomic mass is 127. The highest BCUT2D eigenvalue weighted by molar-refractivity contribution is 14.2. The zero-order valence-electron chi connectivity index (χ0n) is 16.6. The molecule has 1 saturated heterocycles. The van der Waals surface area contributed by atoms with Crippen LogP contribution in [-0.4, -0.2) is 44.7 Å². The fourth-order valence-corrected chi connectivity index (χ4v) is 7.09. The molecule has 0 N–H and O–H groups in total. The van der Waals surface area contributed by atoms with Crippen molar-refractivity contribution in [2.45, 2.75) is 44.1 Å². The van der Waals surface area contributed by atoms with Gasteiger partial charge in [0.05, 0.1) is 47.5 Å². The van der Waals surface area contributed by atoms with Gasteiger partial charge in [-0.1, -0.05) is 12.8 Å². The van der Waals surface area contributed by atoms with Crippen LogP contribution in [0.3, 0.4) is 0 Å². The molecule has 0 spiro atoms. The third kappa shape index (κ3) is 3.32. The Morgan fingerprint density at radius 3 is 2.97 bits per heavy atom. The zero-order valence-corrected chi connectivity index (χ0v) is 20.6. The number of pyridine rings is 1. The van der Waals surface area contributed by atoms with Gasteiger partial charge in [0.25, 0.3) is 0 Å². The predicted molar refractivity (Wildman–Crippen MR) is 130 cm³/mol. The van der Waals surface area contributed by atoms with Crippen molar-refractivity contribution in [2.24, 2.45) is 0 Å². The van der Waals surface area contributed by atoms with Gasteiger partial charge in [-0.3, -0.25) is 0 Å². The quantitative estimate of drug-likeness (QED) is 0.338. The van der Waals surface area contributed by atoms with Crippen LogP contribution in [0.2, 0.25) is 0 Å². The maximum absolute atomic E-state index is 10.2. The number of ether oxygens (including phenoxy) is 1. The van der Waals surface area contributed by atoms with E-state index in [0.717, 1.165) is 65.2 Å². The first-order chi connectivity index (χ1) is 14.7. The number of fused-ring (bicyclic) bond motifs is 1. The SMILES string of the molecule is C[C@@H]1COCCN1c1cc(C2(C#N)CCCC2)c2snc(-c3ccnn3PI)c2n1. The maximum atomic E-state index is 10.2. The van der Waals surface area contributed by atoms with E-state index in [-0.39, 0.29) is 6.04 Å². The number of aromatic nitrogens is 4. The minimum absolute atomic E-state index is 0.245. The first-order valence-electron chi connectivity index (χ1n) is 10.1. The number of hydrogen-bond acceptors (Lipinski definition) is 7. The molecule has 10 heteroatoms. The Kier molecular flexibility index (Phi) is 5.69. The molecule has 30 heavy (non-hydrogen) atoms. The third-order valence-corrected chi connectivity index (χ3v) is 8.98. The van der Waals surface area contributed by atoms with E-state index in [1.165, 1.54) is 11.5 Å². The molecule has 1 aliphatic heterocycles. The number of morpholine rings is 1. The van der Waals surface area contributed by atoms with Crippen molar-refractivity contribution in [2.75, 3.05) is 24.7 Å². The van der Waals surface area contributed by atoms with Crippen molar-refractivity contribution in [3.05, 3.63) is 23.9 Å². The molecule has 2 atom stereocenters. The van der Waals surface area contributed by atoms with Crippen LogP contribution in [0.5, 0.6) is 0 Å². The lowest BCUT2D eigenvalue weighted by Gasteiger charge is -2.35. The van der Waals surface area contributed by atoms with Gasteiger partial charge in [-0.05, 0) is 71.0 Å². The molecule has 3 aromatic rings. The summed E-state index contributed by atoms with van der Waals surface area (Å²) in [7, 11) is 0. The van der Waals surface area contributed by atoms with E-state index in [1.807, 2.05) is 16.7 Å². The molecule has 0 aromatic carbocycles. The molecule has 4 heterocycles. The molecule has 0 amide bonds. The van der Waals surface area contributed by atoms with Crippen LogP contribution in [0.4, 0.5) is 5.82 Å². The maximum Gasteiger partial charge on any atom is 0.130 e. The molecule has 3 aromatic heterocycles. The summed E-state index contributed by atoms with van der Waals surface area (Å²) < 4.78 is 13.5. The Morgan fingerprint density at radius 2 is 2.23 bits per heavy atom. The predicted octanol–water partition coefficient (Wildman–Crippen LogP) is 4.91. The fourth-order valence-electron chi connectivity index (χ4n) is 4.62. The van der Waals surface area contributed by atoms with E-state index in [9.17, 15) is 5.26 Å². The number of halogens is 1. The molecule has 2 aliphatic rings. The first kappa shape index (κ1) is 20.6. The molecule has 156 valence electrons. The van der Waals surface area contributed by atoms with E-state index in [2.05, 4.69) is 51.1 Å². The minimum atomic E-state index is -0.444. The number of anilines is 1. The van der Waals surface area contributed by atoms with Crippen LogP contribution >= 0.6 is 39.9 Å². The summed E-state index contributed by atoms with van der Waals surface area (Å²) in [6.45, 7) is 4.36. The van der Waals surface area contributed by atoms with Crippen LogP contribution in [0.15, 0.2) is 18.3 Å². The van der Waals surface area contributed by atoms with Crippen LogP contribution < -0.4 is 4.90 Å². The van der Waals surface area contributed by atoms with Crippen molar-refractivity contribution in [3.8, 4) is 17.5 Å². The summed E-state index contributed by atoms with van der Waals surface area (Å²) in [6.07, 6.45) is 6.30. The van der Waals surface area contributed by atoms with E-state index in [4.69, 9.17) is 14.1 Å². The summed E-state index contributed by atoms with van der Waals surface area (Å²) in [5.41, 5.74) is 3.40. The number of nitrogens with zero attached hydrogens (tertiary/aromatic N) is 6. The van der Waals surface area contributed by atoms with Gasteiger partial charge in [-0.25, -0.2) is 9.44 Å². The van der Waals surface area contributed by atoms with Crippen LogP contribution in [-0.2, 0) is 10.2 Å². The second-order valence-electron chi connectivity index (χ2n) is 7.97. The van der Waals surface area contributed by atoms with Gasteiger partial charge in [0.1, 0.15) is 17.0 Å². The van der Waals surface area contributed by atoms with Gasteiger partial charge >= 0.3 is 0 Å². The van der Waals surface area contributed by atoms with E-state index >= 15 is 0 Å². The Balaban J connectivity index is 1.75. The summed E-state index contributed by atoms with van der Waals surface area (Å²) in [5, 5.41) is 14.7. The summed E-state index contributed by atoms with van der Waals surface area (Å²) in [4.78, 5) is 7.42. The van der Waals surface area contributed by atoms with Crippen molar-refractivity contribution in [3.63, 3.8) is 0 Å². The fraction of sp³-hybridized carbons (Fsp3) is 0.500. The highest BCUT2D eigenvalue weighted by Crippen LogP contribution is 2.47. The van der Waals surface area contributed by atoms with Gasteiger partial charge in [0, 0.05) is 12.7 Å². The third-order valence-electron chi connectivity index (χ3n) is 6.23. The lowest BCUT2D eigenvalue weighted by atomic mass is 9.80. The Morgan fingerprint density at radius 1 is 1.40 bits per heavy atom. The number of rotatable bonds is 4. The molecule has 5 rings (SSSR count). The minimum Gasteiger partial charge on any atom is -0.377 e. The first-order valence-corrected chi connectivity index (χ1v) is 15.0. The van der Waals surface area contributed by atoms with Gasteiger partial charge in [-0.2, -0.15) is 14.7 Å². The largest absolute Gasteiger partial charge is 0.377 e. The van der Waals surface area contributed by atoms with E-state index < -0.39 is 5.41 Å². The van der Waals surface area contributed by atoms with Gasteiger partial charge in [0.15, 0.2) is 0 Å². The molecular weight excluding hydrogens is 530 g/mol. The van der Waals surface area contributed by atoms with E-state index in [0.29, 0.717) is 19.6 Å². The van der Waals surface area contributed by atoms with Gasteiger partial charge < -0.3 is 9.64 Å². The second kappa shape index (κ2) is 8.30. The van der Waals surface area contributed by atoms with Gasteiger partial charge in [0.2, 0.25) is 0 Å². The van der Waals surface area contributed by atoms with Crippen molar-refractivity contribution in [1.29, 1.82) is 5.26 Å². The van der Waals surface area contributed by atoms with Crippen LogP contribution in [0, 0.1) is 11.3 Å². The molecule has 1 aliphatic carbocycles. The Bertz CT molecular complexity index is 1120. The van der Waals surface area contributed by atoms with Crippen molar-refractivity contribution >= 4 is 56.0 Å². The molecular formula is C20H22IN6OPS. The second-order valence-corrected chi connectivity index (χ2v) is 10.8. The molecule has 7 nitrogen and oxygen atoms in total. The molecule has 1 saturated carbocycles. The molecule has 0 bridgehead atoms. The molecule has 0 radical (unpaired) electrons. The van der Waals surface area contributed by atoms with E-state index in [1.54, 1.807) is 0 Å². The number of hydrogen-bond donors (Lipinski definition) is 0. The monoisotopic (exact) mass is 552 g/mol. The summed E-state index contributed by atoms with van der Waals surface area (Å²) >= 11 is 3.80. The van der Waals surface area contributed by atoms with Crippen molar-refractivity contribution in [1.82, 2.24) is 18.9 Å². The smallest absolute Gasteiger partial charge is 0.130 e. The molecule has 2 fully saturated rings. The Labute approximate surface area is 194 Å². The highest BCUT2D eigenvalue weighted by Gasteiger charge is 2.39. The van der Waals surface area contributed by atoms with Crippen LogP contribution in [0.1, 0.15) is 38.2 Å². The van der Waals surface area contributed by atoms with Crippen LogP contribution in [0.25, 0.3) is 21.6 Å². The summed E-state index contributed by atoms with van der Waals surface area (Å²) in [5.74, 6) is 0.930. The Hall–Kier alpha value is -1.34. The normalized spacial score (nSPS) is 21.6. The molecule has 1 unspecified atom stereocenters. The number of nitriles is 1. The zero-order chi connectivity index (χ0) is 20.7.